The predicted molar refractivity (Wildman–Crippen MR) is 112 cm³/mol. The van der Waals surface area contributed by atoms with Gasteiger partial charge in [-0.2, -0.15) is 0 Å². The van der Waals surface area contributed by atoms with Crippen molar-refractivity contribution in [2.24, 2.45) is 0 Å². The van der Waals surface area contributed by atoms with Crippen molar-refractivity contribution in [2.75, 3.05) is 18.6 Å². The number of amides is 1. The van der Waals surface area contributed by atoms with Gasteiger partial charge in [-0.3, -0.25) is 14.5 Å². The number of benzene rings is 2. The predicted octanol–water partition coefficient (Wildman–Crippen LogP) is 3.85. The second-order valence-electron chi connectivity index (χ2n) is 7.31. The Balaban J connectivity index is 1.68. The van der Waals surface area contributed by atoms with Crippen molar-refractivity contribution >= 4 is 23.1 Å². The molecule has 0 radical (unpaired) electrons. The van der Waals surface area contributed by atoms with Gasteiger partial charge < -0.3 is 19.0 Å². The Morgan fingerprint density at radius 3 is 2.77 bits per heavy atom. The van der Waals surface area contributed by atoms with Crippen LogP contribution in [0.5, 0.6) is 11.5 Å². The molecule has 7 nitrogen and oxygen atoms in total. The zero-order valence-corrected chi connectivity index (χ0v) is 16.7. The largest absolute Gasteiger partial charge is 0.507 e. The normalized spacial score (nSPS) is 19.4. The SMILES string of the molecule is COc1cccc(N2C(=O)C(=O)/C(=C(\O)c3ccc4c(c3)CCO4)C2c2ccco2)c1. The molecule has 2 aliphatic heterocycles. The maximum Gasteiger partial charge on any atom is 0.300 e. The van der Waals surface area contributed by atoms with E-state index in [1.54, 1.807) is 54.6 Å². The van der Waals surface area contributed by atoms with Crippen LogP contribution in [0.2, 0.25) is 0 Å². The van der Waals surface area contributed by atoms with Crippen LogP contribution in [0.4, 0.5) is 5.69 Å². The van der Waals surface area contributed by atoms with Gasteiger partial charge in [0.25, 0.3) is 11.7 Å². The molecule has 3 aromatic rings. The summed E-state index contributed by atoms with van der Waals surface area (Å²) >= 11 is 0. The Morgan fingerprint density at radius 2 is 2.00 bits per heavy atom. The lowest BCUT2D eigenvalue weighted by molar-refractivity contribution is -0.132. The number of nitrogens with zero attached hydrogens (tertiary/aromatic N) is 1. The van der Waals surface area contributed by atoms with Gasteiger partial charge in [0.15, 0.2) is 0 Å². The highest BCUT2D eigenvalue weighted by molar-refractivity contribution is 6.51. The van der Waals surface area contributed by atoms with E-state index in [9.17, 15) is 14.7 Å². The molecule has 2 aromatic carbocycles. The summed E-state index contributed by atoms with van der Waals surface area (Å²) in [7, 11) is 1.52. The molecular weight excluding hydrogens is 398 g/mol. The molecular formula is C24H19NO6. The Hall–Kier alpha value is -4.00. The first kappa shape index (κ1) is 19.0. The van der Waals surface area contributed by atoms with Gasteiger partial charge in [-0.15, -0.1) is 0 Å². The Kier molecular flexibility index (Phi) is 4.51. The molecule has 0 aliphatic carbocycles. The van der Waals surface area contributed by atoms with Crippen molar-refractivity contribution in [3.63, 3.8) is 0 Å². The van der Waals surface area contributed by atoms with Gasteiger partial charge in [0.2, 0.25) is 0 Å². The number of anilines is 1. The summed E-state index contributed by atoms with van der Waals surface area (Å²) in [6, 6.07) is 14.5. The highest BCUT2D eigenvalue weighted by Crippen LogP contribution is 2.43. The lowest BCUT2D eigenvalue weighted by Gasteiger charge is -2.23. The highest BCUT2D eigenvalue weighted by atomic mass is 16.5. The topological polar surface area (TPSA) is 89.2 Å². The molecule has 1 unspecified atom stereocenters. The molecule has 1 fully saturated rings. The zero-order valence-electron chi connectivity index (χ0n) is 16.7. The van der Waals surface area contributed by atoms with Gasteiger partial charge in [0, 0.05) is 23.7 Å². The highest BCUT2D eigenvalue weighted by Gasteiger charge is 2.48. The summed E-state index contributed by atoms with van der Waals surface area (Å²) in [5.41, 5.74) is 1.83. The van der Waals surface area contributed by atoms with Crippen molar-refractivity contribution < 1.29 is 28.6 Å². The Morgan fingerprint density at radius 1 is 1.13 bits per heavy atom. The van der Waals surface area contributed by atoms with Crippen LogP contribution >= 0.6 is 0 Å². The molecule has 3 heterocycles. The number of fused-ring (bicyclic) bond motifs is 1. The molecule has 156 valence electrons. The molecule has 1 aromatic heterocycles. The van der Waals surface area contributed by atoms with Gasteiger partial charge in [0.05, 0.1) is 25.6 Å². The van der Waals surface area contributed by atoms with Crippen LogP contribution in [0.15, 0.2) is 70.9 Å². The number of carbonyl (C=O) groups is 2. The van der Waals surface area contributed by atoms with Crippen molar-refractivity contribution in [1.29, 1.82) is 0 Å². The minimum atomic E-state index is -0.911. The molecule has 1 amide bonds. The van der Waals surface area contributed by atoms with E-state index in [4.69, 9.17) is 13.9 Å². The van der Waals surface area contributed by atoms with Crippen LogP contribution < -0.4 is 14.4 Å². The molecule has 1 saturated heterocycles. The number of methoxy groups -OCH3 is 1. The fourth-order valence-electron chi connectivity index (χ4n) is 4.06. The quantitative estimate of drug-likeness (QED) is 0.394. The summed E-state index contributed by atoms with van der Waals surface area (Å²) in [5, 5.41) is 11.1. The number of ether oxygens (including phenoxy) is 2. The number of ketones is 1. The first-order valence-electron chi connectivity index (χ1n) is 9.83. The van der Waals surface area contributed by atoms with Crippen molar-refractivity contribution in [2.45, 2.75) is 12.5 Å². The third kappa shape index (κ3) is 3.06. The van der Waals surface area contributed by atoms with Gasteiger partial charge in [-0.1, -0.05) is 6.07 Å². The van der Waals surface area contributed by atoms with E-state index >= 15 is 0 Å². The minimum absolute atomic E-state index is 0.0263. The summed E-state index contributed by atoms with van der Waals surface area (Å²) in [5.74, 6) is -0.112. The molecule has 5 rings (SSSR count). The zero-order chi connectivity index (χ0) is 21.5. The monoisotopic (exact) mass is 417 g/mol. The van der Waals surface area contributed by atoms with Crippen LogP contribution in [0.1, 0.15) is 22.9 Å². The van der Waals surface area contributed by atoms with Crippen LogP contribution in [-0.4, -0.2) is 30.5 Å². The van der Waals surface area contributed by atoms with Gasteiger partial charge >= 0.3 is 0 Å². The molecule has 0 spiro atoms. The van der Waals surface area contributed by atoms with E-state index in [0.717, 1.165) is 17.7 Å². The van der Waals surface area contributed by atoms with Crippen LogP contribution in [0, 0.1) is 0 Å². The van der Waals surface area contributed by atoms with E-state index < -0.39 is 17.7 Å². The summed E-state index contributed by atoms with van der Waals surface area (Å²) in [6.45, 7) is 0.576. The molecule has 31 heavy (non-hydrogen) atoms. The van der Waals surface area contributed by atoms with Gasteiger partial charge in [-0.05, 0) is 48.0 Å². The number of carbonyl (C=O) groups excluding carboxylic acids is 2. The van der Waals surface area contributed by atoms with E-state index in [1.165, 1.54) is 18.3 Å². The van der Waals surface area contributed by atoms with E-state index in [0.29, 0.717) is 29.4 Å². The summed E-state index contributed by atoms with van der Waals surface area (Å²) in [4.78, 5) is 27.5. The maximum absolute atomic E-state index is 13.1. The number of hydrogen-bond donors (Lipinski definition) is 1. The third-order valence-corrected chi connectivity index (χ3v) is 5.55. The van der Waals surface area contributed by atoms with Crippen LogP contribution in [-0.2, 0) is 16.0 Å². The molecule has 1 atom stereocenters. The second-order valence-corrected chi connectivity index (χ2v) is 7.31. The van der Waals surface area contributed by atoms with Crippen molar-refractivity contribution in [3.05, 3.63) is 83.3 Å². The van der Waals surface area contributed by atoms with E-state index in [-0.39, 0.29) is 11.3 Å². The number of rotatable bonds is 4. The van der Waals surface area contributed by atoms with Crippen molar-refractivity contribution in [3.8, 4) is 11.5 Å². The number of aliphatic hydroxyl groups is 1. The summed E-state index contributed by atoms with van der Waals surface area (Å²) < 4.78 is 16.4. The van der Waals surface area contributed by atoms with Crippen molar-refractivity contribution in [1.82, 2.24) is 0 Å². The van der Waals surface area contributed by atoms with Gasteiger partial charge in [0.1, 0.15) is 29.1 Å². The van der Waals surface area contributed by atoms with Crippen LogP contribution in [0.3, 0.4) is 0 Å². The Bertz CT molecular complexity index is 1210. The van der Waals surface area contributed by atoms with Crippen LogP contribution in [0.25, 0.3) is 5.76 Å². The molecule has 0 saturated carbocycles. The fourth-order valence-corrected chi connectivity index (χ4v) is 4.06. The Labute approximate surface area is 178 Å². The first-order valence-corrected chi connectivity index (χ1v) is 9.83. The maximum atomic E-state index is 13.1. The third-order valence-electron chi connectivity index (χ3n) is 5.55. The molecule has 2 aliphatic rings. The standard InChI is InChI=1S/C24H19NO6/c1-29-17-5-2-4-16(13-17)25-21(19-6-3-10-30-19)20(23(27)24(25)28)22(26)15-7-8-18-14(12-15)9-11-31-18/h2-8,10,12-13,21,26H,9,11H2,1H3/b22-20-. The lowest BCUT2D eigenvalue weighted by Crippen LogP contribution is -2.29. The lowest BCUT2D eigenvalue weighted by atomic mass is 9.98. The molecule has 0 bridgehead atoms. The van der Waals surface area contributed by atoms with E-state index in [2.05, 4.69) is 0 Å². The molecule has 7 heteroatoms. The summed E-state index contributed by atoms with van der Waals surface area (Å²) in [6.07, 6.45) is 2.18. The number of Topliss-reactive ketones (excluding diaryl/α,β-unsaturated/α-hetero) is 1. The average Bonchev–Trinajstić information content (AvgIpc) is 3.53. The second kappa shape index (κ2) is 7.36. The number of furan rings is 1. The average molecular weight is 417 g/mol. The smallest absolute Gasteiger partial charge is 0.300 e. The minimum Gasteiger partial charge on any atom is -0.507 e. The fraction of sp³-hybridized carbons (Fsp3) is 0.167. The van der Waals surface area contributed by atoms with E-state index in [1.807, 2.05) is 0 Å². The number of hydrogen-bond acceptors (Lipinski definition) is 6. The number of aliphatic hydroxyl groups excluding tert-OH is 1. The molecule has 1 N–H and O–H groups in total. The first-order chi connectivity index (χ1) is 15.1. The van der Waals surface area contributed by atoms with Gasteiger partial charge in [-0.25, -0.2) is 0 Å².